The van der Waals surface area contributed by atoms with Crippen LogP contribution in [0.15, 0.2) is 30.3 Å². The van der Waals surface area contributed by atoms with Crippen molar-refractivity contribution in [2.24, 2.45) is 0 Å². The normalized spacial score (nSPS) is 14.6. The first-order chi connectivity index (χ1) is 15.9. The topological polar surface area (TPSA) is 91.0 Å². The number of piperazine rings is 1. The maximum Gasteiger partial charge on any atom is 0.341 e. The number of benzene rings is 1. The summed E-state index contributed by atoms with van der Waals surface area (Å²) in [5.74, 6) is -1.14. The summed E-state index contributed by atoms with van der Waals surface area (Å²) in [6, 6.07) is 7.42. The highest BCUT2D eigenvalue weighted by Crippen LogP contribution is 2.29. The molecule has 2 heterocycles. The number of anilines is 2. The van der Waals surface area contributed by atoms with Crippen LogP contribution < -0.4 is 10.6 Å². The smallest absolute Gasteiger partial charge is 0.341 e. The lowest BCUT2D eigenvalue weighted by molar-refractivity contribution is -0.120. The van der Waals surface area contributed by atoms with E-state index in [9.17, 15) is 18.8 Å². The molecule has 0 atom stereocenters. The Kier molecular flexibility index (Phi) is 8.93. The van der Waals surface area contributed by atoms with Gasteiger partial charge in [0.25, 0.3) is 0 Å². The molecule has 2 N–H and O–H groups in total. The van der Waals surface area contributed by atoms with Crippen LogP contribution in [0, 0.1) is 5.82 Å². The number of rotatable bonds is 9. The second kappa shape index (κ2) is 11.9. The molecule has 178 valence electrons. The fraction of sp³-hybridized carbons (Fsp3) is 0.435. The van der Waals surface area contributed by atoms with Crippen LogP contribution in [0.3, 0.4) is 0 Å². The zero-order valence-electron chi connectivity index (χ0n) is 18.9. The number of thiophene rings is 1. The van der Waals surface area contributed by atoms with Crippen molar-refractivity contribution < 1.29 is 23.5 Å². The van der Waals surface area contributed by atoms with Gasteiger partial charge in [-0.15, -0.1) is 11.3 Å². The molecular formula is C23H29FN4O4S. The fourth-order valence-electron chi connectivity index (χ4n) is 3.48. The molecule has 0 unspecified atom stereocenters. The number of carbonyl (C=O) groups excluding carboxylic acids is 3. The van der Waals surface area contributed by atoms with Crippen LogP contribution in [0.5, 0.6) is 0 Å². The van der Waals surface area contributed by atoms with Gasteiger partial charge < -0.3 is 15.4 Å². The van der Waals surface area contributed by atoms with Crippen molar-refractivity contribution in [3.8, 4) is 0 Å². The Balaban J connectivity index is 1.45. The lowest BCUT2D eigenvalue weighted by atomic mass is 10.2. The molecule has 0 radical (unpaired) electrons. The van der Waals surface area contributed by atoms with Gasteiger partial charge in [-0.1, -0.05) is 6.92 Å². The van der Waals surface area contributed by atoms with Crippen molar-refractivity contribution in [2.75, 3.05) is 56.5 Å². The zero-order chi connectivity index (χ0) is 23.8. The molecule has 1 aromatic heterocycles. The van der Waals surface area contributed by atoms with Crippen molar-refractivity contribution in [2.45, 2.75) is 20.3 Å². The van der Waals surface area contributed by atoms with Crippen molar-refractivity contribution >= 4 is 39.8 Å². The summed E-state index contributed by atoms with van der Waals surface area (Å²) < 4.78 is 18.1. The number of halogens is 1. The average Bonchev–Trinajstić information content (AvgIpc) is 3.19. The van der Waals surface area contributed by atoms with E-state index in [4.69, 9.17) is 4.74 Å². The quantitative estimate of drug-likeness (QED) is 0.541. The molecule has 0 bridgehead atoms. The van der Waals surface area contributed by atoms with Gasteiger partial charge in [0.1, 0.15) is 10.8 Å². The highest BCUT2D eigenvalue weighted by atomic mass is 32.1. The molecule has 1 aliphatic rings. The number of carbonyl (C=O) groups is 3. The van der Waals surface area contributed by atoms with Crippen LogP contribution >= 0.6 is 11.3 Å². The summed E-state index contributed by atoms with van der Waals surface area (Å²) in [5.41, 5.74) is 0.947. The van der Waals surface area contributed by atoms with Gasteiger partial charge in [-0.05, 0) is 43.7 Å². The first kappa shape index (κ1) is 24.8. The minimum absolute atomic E-state index is 0.163. The number of esters is 1. The van der Waals surface area contributed by atoms with E-state index in [0.717, 1.165) is 11.3 Å². The summed E-state index contributed by atoms with van der Waals surface area (Å²) in [6.45, 7) is 7.04. The van der Waals surface area contributed by atoms with E-state index in [-0.39, 0.29) is 37.3 Å². The molecule has 3 rings (SSSR count). The lowest BCUT2D eigenvalue weighted by Crippen LogP contribution is -2.50. The maximum atomic E-state index is 13.0. The zero-order valence-corrected chi connectivity index (χ0v) is 19.7. The van der Waals surface area contributed by atoms with Crippen LogP contribution in [0.2, 0.25) is 0 Å². The number of hydrogen-bond acceptors (Lipinski definition) is 7. The van der Waals surface area contributed by atoms with Crippen molar-refractivity contribution in [3.05, 3.63) is 46.6 Å². The van der Waals surface area contributed by atoms with E-state index in [0.29, 0.717) is 42.4 Å². The van der Waals surface area contributed by atoms with Gasteiger partial charge in [0.05, 0.1) is 25.3 Å². The fourth-order valence-corrected chi connectivity index (χ4v) is 4.48. The standard InChI is InChI=1S/C23H29FN4O4S/c1-3-18-13-19(23(31)32-4-2)22(33-18)26-21(30)15-28-11-9-27(10-12-28)14-20(29)25-17-7-5-16(24)6-8-17/h5-8,13H,3-4,9-12,14-15H2,1-2H3,(H,25,29)(H,26,30). The van der Waals surface area contributed by atoms with Gasteiger partial charge in [-0.2, -0.15) is 0 Å². The summed E-state index contributed by atoms with van der Waals surface area (Å²) in [4.78, 5) is 42.0. The molecule has 0 aliphatic carbocycles. The minimum Gasteiger partial charge on any atom is -0.462 e. The number of ether oxygens (including phenoxy) is 1. The van der Waals surface area contributed by atoms with E-state index in [2.05, 4.69) is 10.6 Å². The second-order valence-electron chi connectivity index (χ2n) is 7.69. The van der Waals surface area contributed by atoms with Crippen LogP contribution in [0.4, 0.5) is 15.1 Å². The molecule has 10 heteroatoms. The van der Waals surface area contributed by atoms with E-state index >= 15 is 0 Å². The Morgan fingerprint density at radius 2 is 1.55 bits per heavy atom. The molecule has 1 aliphatic heterocycles. The predicted molar refractivity (Wildman–Crippen MR) is 126 cm³/mol. The Hall–Kier alpha value is -2.82. The number of nitrogens with one attached hydrogen (secondary N) is 2. The van der Waals surface area contributed by atoms with Gasteiger partial charge in [-0.3, -0.25) is 19.4 Å². The molecule has 1 saturated heterocycles. The minimum atomic E-state index is -0.434. The van der Waals surface area contributed by atoms with Gasteiger partial charge in [0.2, 0.25) is 11.8 Å². The predicted octanol–water partition coefficient (Wildman–Crippen LogP) is 2.82. The SMILES string of the molecule is CCOC(=O)c1cc(CC)sc1NC(=O)CN1CCN(CC(=O)Nc2ccc(F)cc2)CC1. The van der Waals surface area contributed by atoms with Gasteiger partial charge >= 0.3 is 5.97 Å². The number of amides is 2. The van der Waals surface area contributed by atoms with Gasteiger partial charge in [0.15, 0.2) is 0 Å². The van der Waals surface area contributed by atoms with Crippen LogP contribution in [0.1, 0.15) is 29.1 Å². The molecule has 0 saturated carbocycles. The van der Waals surface area contributed by atoms with Crippen molar-refractivity contribution in [1.82, 2.24) is 9.80 Å². The highest BCUT2D eigenvalue weighted by Gasteiger charge is 2.23. The third-order valence-electron chi connectivity index (χ3n) is 5.21. The first-order valence-corrected chi connectivity index (χ1v) is 11.8. The maximum absolute atomic E-state index is 13.0. The molecule has 0 spiro atoms. The van der Waals surface area contributed by atoms with Crippen LogP contribution in [0.25, 0.3) is 0 Å². The Bertz CT molecular complexity index is 971. The summed E-state index contributed by atoms with van der Waals surface area (Å²) in [6.07, 6.45) is 0.767. The van der Waals surface area contributed by atoms with Gasteiger partial charge in [0, 0.05) is 36.7 Å². The molecule has 1 fully saturated rings. The van der Waals surface area contributed by atoms with Crippen molar-refractivity contribution in [3.63, 3.8) is 0 Å². The molecule has 1 aromatic carbocycles. The molecule has 2 aromatic rings. The third kappa shape index (κ3) is 7.34. The molecule has 33 heavy (non-hydrogen) atoms. The van der Waals surface area contributed by atoms with E-state index in [1.807, 2.05) is 16.7 Å². The number of aryl methyl sites for hydroxylation is 1. The lowest BCUT2D eigenvalue weighted by Gasteiger charge is -2.33. The summed E-state index contributed by atoms with van der Waals surface area (Å²) >= 11 is 1.39. The highest BCUT2D eigenvalue weighted by molar-refractivity contribution is 7.16. The van der Waals surface area contributed by atoms with Crippen LogP contribution in [-0.2, 0) is 20.7 Å². The monoisotopic (exact) mass is 476 g/mol. The summed E-state index contributed by atoms with van der Waals surface area (Å²) in [5, 5.41) is 6.13. The van der Waals surface area contributed by atoms with E-state index in [1.54, 1.807) is 13.0 Å². The Morgan fingerprint density at radius 3 is 2.09 bits per heavy atom. The van der Waals surface area contributed by atoms with Crippen LogP contribution in [-0.4, -0.2) is 73.5 Å². The van der Waals surface area contributed by atoms with Gasteiger partial charge in [-0.25, -0.2) is 9.18 Å². The number of hydrogen-bond donors (Lipinski definition) is 2. The Labute approximate surface area is 196 Å². The van der Waals surface area contributed by atoms with Crippen molar-refractivity contribution in [1.29, 1.82) is 0 Å². The van der Waals surface area contributed by atoms with E-state index < -0.39 is 5.97 Å². The second-order valence-corrected chi connectivity index (χ2v) is 8.82. The first-order valence-electron chi connectivity index (χ1n) is 11.0. The van der Waals surface area contributed by atoms with E-state index in [1.165, 1.54) is 35.6 Å². The summed E-state index contributed by atoms with van der Waals surface area (Å²) in [7, 11) is 0. The molecule has 8 nitrogen and oxygen atoms in total. The largest absolute Gasteiger partial charge is 0.462 e. The Morgan fingerprint density at radius 1 is 0.970 bits per heavy atom. The number of nitrogens with zero attached hydrogens (tertiary/aromatic N) is 2. The third-order valence-corrected chi connectivity index (χ3v) is 6.40. The molecular weight excluding hydrogens is 447 g/mol. The average molecular weight is 477 g/mol. The molecule has 2 amide bonds.